The van der Waals surface area contributed by atoms with Crippen LogP contribution in [0, 0.1) is 16.9 Å². The second-order valence-corrected chi connectivity index (χ2v) is 1.92. The number of guanidine groups is 1. The van der Waals surface area contributed by atoms with Crippen LogP contribution in [-0.2, 0) is 0 Å². The molecular weight excluding hydrogens is 128 g/mol. The lowest BCUT2D eigenvalue weighted by atomic mass is 10.3. The smallest absolute Gasteiger partial charge is 0.202 e. The van der Waals surface area contributed by atoms with Crippen molar-refractivity contribution in [2.24, 2.45) is 0 Å². The molecule has 0 bridgehead atoms. The number of nitrogens with zero attached hydrogens (tertiary/aromatic N) is 1. The highest BCUT2D eigenvalue weighted by Crippen LogP contribution is 1.79. The van der Waals surface area contributed by atoms with Crippen molar-refractivity contribution in [2.45, 2.75) is 6.92 Å². The van der Waals surface area contributed by atoms with Gasteiger partial charge in [0, 0.05) is 6.54 Å². The van der Waals surface area contributed by atoms with Gasteiger partial charge in [-0.15, -0.1) is 0 Å². The minimum atomic E-state index is 0.00509. The van der Waals surface area contributed by atoms with E-state index >= 15 is 0 Å². The number of nitrogens with one attached hydrogen (secondary N) is 3. The minimum Gasteiger partial charge on any atom is -0.352 e. The first-order chi connectivity index (χ1) is 4.66. The molecule has 0 saturated heterocycles. The highest BCUT2D eigenvalue weighted by molar-refractivity contribution is 5.77. The quantitative estimate of drug-likeness (QED) is 0.167. The predicted molar refractivity (Wildman–Crippen MR) is 39.3 cm³/mol. The second-order valence-electron chi connectivity index (χ2n) is 1.92. The highest BCUT2D eigenvalue weighted by atomic mass is 15.1. The van der Waals surface area contributed by atoms with Crippen LogP contribution in [0.4, 0.5) is 0 Å². The molecule has 0 spiro atoms. The van der Waals surface area contributed by atoms with Gasteiger partial charge in [-0.05, 0) is 6.92 Å². The van der Waals surface area contributed by atoms with Gasteiger partial charge >= 0.3 is 0 Å². The topological polar surface area (TPSA) is 71.7 Å². The Hall–Kier alpha value is -1.50. The Balaban J connectivity index is 3.42. The van der Waals surface area contributed by atoms with Crippen molar-refractivity contribution < 1.29 is 0 Å². The summed E-state index contributed by atoms with van der Waals surface area (Å²) in [6.07, 6.45) is 1.62. The maximum absolute atomic E-state index is 8.04. The lowest BCUT2D eigenvalue weighted by molar-refractivity contribution is 0.934. The summed E-state index contributed by atoms with van der Waals surface area (Å²) in [6.45, 7) is 5.98. The molecule has 0 aromatic rings. The zero-order valence-electron chi connectivity index (χ0n) is 5.86. The summed E-state index contributed by atoms with van der Waals surface area (Å²) in [5, 5.41) is 19.8. The van der Waals surface area contributed by atoms with Crippen molar-refractivity contribution in [3.63, 3.8) is 0 Å². The van der Waals surface area contributed by atoms with Crippen molar-refractivity contribution >= 4 is 5.96 Å². The molecule has 4 nitrogen and oxygen atoms in total. The fourth-order valence-electron chi connectivity index (χ4n) is 0.339. The summed E-state index contributed by atoms with van der Waals surface area (Å²) in [5.74, 6) is 0.00509. The molecule has 0 aromatic carbocycles. The number of nitriles is 1. The van der Waals surface area contributed by atoms with Crippen molar-refractivity contribution in [1.29, 1.82) is 10.7 Å². The first-order valence-corrected chi connectivity index (χ1v) is 2.78. The first kappa shape index (κ1) is 8.50. The summed E-state index contributed by atoms with van der Waals surface area (Å²) in [4.78, 5) is 0. The predicted octanol–water partition coefficient (Wildman–Crippen LogP) is 0.158. The van der Waals surface area contributed by atoms with Gasteiger partial charge in [0.25, 0.3) is 0 Å². The van der Waals surface area contributed by atoms with Crippen molar-refractivity contribution in [3.05, 3.63) is 12.2 Å². The molecule has 0 saturated carbocycles. The monoisotopic (exact) mass is 138 g/mol. The van der Waals surface area contributed by atoms with Crippen LogP contribution in [0.25, 0.3) is 0 Å². The van der Waals surface area contributed by atoms with E-state index in [1.54, 1.807) is 6.19 Å². The third-order valence-corrected chi connectivity index (χ3v) is 0.748. The summed E-state index contributed by atoms with van der Waals surface area (Å²) < 4.78 is 0. The van der Waals surface area contributed by atoms with Gasteiger partial charge in [-0.1, -0.05) is 12.2 Å². The van der Waals surface area contributed by atoms with E-state index in [1.807, 2.05) is 6.92 Å². The Morgan fingerprint density at radius 3 is 2.80 bits per heavy atom. The molecule has 0 aliphatic carbocycles. The summed E-state index contributed by atoms with van der Waals surface area (Å²) in [5.41, 5.74) is 0.921. The van der Waals surface area contributed by atoms with Gasteiger partial charge in [0.2, 0.25) is 5.96 Å². The zero-order valence-corrected chi connectivity index (χ0v) is 5.86. The third-order valence-electron chi connectivity index (χ3n) is 0.748. The lowest BCUT2D eigenvalue weighted by Gasteiger charge is -2.03. The Bertz CT molecular complexity index is 177. The minimum absolute atomic E-state index is 0.00509. The summed E-state index contributed by atoms with van der Waals surface area (Å²) in [7, 11) is 0. The Labute approximate surface area is 60.1 Å². The average Bonchev–Trinajstić information content (AvgIpc) is 1.85. The fourth-order valence-corrected chi connectivity index (χ4v) is 0.339. The molecule has 0 aliphatic rings. The molecule has 0 rings (SSSR count). The van der Waals surface area contributed by atoms with Crippen LogP contribution in [0.15, 0.2) is 12.2 Å². The molecule has 0 radical (unpaired) electrons. The van der Waals surface area contributed by atoms with Crippen LogP contribution in [-0.4, -0.2) is 12.5 Å². The summed E-state index contributed by atoms with van der Waals surface area (Å²) >= 11 is 0. The molecule has 0 unspecified atom stereocenters. The van der Waals surface area contributed by atoms with E-state index in [4.69, 9.17) is 10.7 Å². The van der Waals surface area contributed by atoms with Gasteiger partial charge in [-0.3, -0.25) is 10.7 Å². The molecule has 0 fully saturated rings. The molecule has 54 valence electrons. The molecule has 10 heavy (non-hydrogen) atoms. The van der Waals surface area contributed by atoms with Crippen LogP contribution in [0.3, 0.4) is 0 Å². The standard InChI is InChI=1S/C6H10N4/c1-5(2)3-9-6(8)10-4-7/h1,3H2,2H3,(H3,8,9,10). The van der Waals surface area contributed by atoms with Crippen LogP contribution in [0.5, 0.6) is 0 Å². The van der Waals surface area contributed by atoms with Crippen LogP contribution in [0.2, 0.25) is 0 Å². The van der Waals surface area contributed by atoms with Crippen molar-refractivity contribution in [2.75, 3.05) is 6.54 Å². The summed E-state index contributed by atoms with van der Waals surface area (Å²) in [6, 6.07) is 0. The number of rotatable bonds is 2. The molecule has 3 N–H and O–H groups in total. The van der Waals surface area contributed by atoms with Gasteiger partial charge in [0.15, 0.2) is 6.19 Å². The van der Waals surface area contributed by atoms with E-state index in [0.717, 1.165) is 5.57 Å². The molecule has 0 aromatic heterocycles. The second kappa shape index (κ2) is 4.39. The van der Waals surface area contributed by atoms with Crippen LogP contribution < -0.4 is 10.6 Å². The molecule has 0 atom stereocenters. The maximum Gasteiger partial charge on any atom is 0.202 e. The van der Waals surface area contributed by atoms with E-state index in [1.165, 1.54) is 0 Å². The highest BCUT2D eigenvalue weighted by Gasteiger charge is 1.90. The third kappa shape index (κ3) is 4.65. The van der Waals surface area contributed by atoms with E-state index < -0.39 is 0 Å². The Morgan fingerprint density at radius 2 is 2.40 bits per heavy atom. The normalized spacial score (nSPS) is 7.60. The van der Waals surface area contributed by atoms with Crippen LogP contribution in [0.1, 0.15) is 6.92 Å². The SMILES string of the molecule is C=C(C)CNC(=N)NC#N. The number of hydrogen-bond acceptors (Lipinski definition) is 2. The van der Waals surface area contributed by atoms with Gasteiger partial charge in [0.05, 0.1) is 0 Å². The molecule has 4 heteroatoms. The average molecular weight is 138 g/mol. The first-order valence-electron chi connectivity index (χ1n) is 2.78. The van der Waals surface area contributed by atoms with Crippen LogP contribution >= 0.6 is 0 Å². The van der Waals surface area contributed by atoms with Gasteiger partial charge in [0.1, 0.15) is 0 Å². The lowest BCUT2D eigenvalue weighted by Crippen LogP contribution is -2.34. The van der Waals surface area contributed by atoms with E-state index in [-0.39, 0.29) is 5.96 Å². The maximum atomic E-state index is 8.04. The zero-order chi connectivity index (χ0) is 7.98. The van der Waals surface area contributed by atoms with E-state index in [0.29, 0.717) is 6.54 Å². The molecule has 0 amide bonds. The molecule has 0 aliphatic heterocycles. The molecule has 0 heterocycles. The molecular formula is C6H10N4. The fraction of sp³-hybridized carbons (Fsp3) is 0.333. The van der Waals surface area contributed by atoms with Gasteiger partial charge in [-0.2, -0.15) is 5.26 Å². The van der Waals surface area contributed by atoms with Gasteiger partial charge < -0.3 is 5.32 Å². The Morgan fingerprint density at radius 1 is 1.80 bits per heavy atom. The largest absolute Gasteiger partial charge is 0.352 e. The van der Waals surface area contributed by atoms with Gasteiger partial charge in [-0.25, -0.2) is 0 Å². The van der Waals surface area contributed by atoms with Crippen molar-refractivity contribution in [3.8, 4) is 6.19 Å². The van der Waals surface area contributed by atoms with Crippen molar-refractivity contribution in [1.82, 2.24) is 10.6 Å². The van der Waals surface area contributed by atoms with E-state index in [9.17, 15) is 0 Å². The van der Waals surface area contributed by atoms with E-state index in [2.05, 4.69) is 17.2 Å². The Kier molecular flexibility index (Phi) is 3.73. The number of hydrogen-bond donors (Lipinski definition) is 3.